The number of amides is 1. The van der Waals surface area contributed by atoms with Crippen molar-refractivity contribution in [3.8, 4) is 0 Å². The summed E-state index contributed by atoms with van der Waals surface area (Å²) in [4.78, 5) is 14.2. The Bertz CT molecular complexity index is 674. The van der Waals surface area contributed by atoms with E-state index in [1.807, 2.05) is 29.2 Å². The van der Waals surface area contributed by atoms with Crippen LogP contribution in [0.2, 0.25) is 0 Å². The third-order valence-electron chi connectivity index (χ3n) is 3.81. The predicted octanol–water partition coefficient (Wildman–Crippen LogP) is 4.04. The minimum atomic E-state index is -0.206. The van der Waals surface area contributed by atoms with Crippen molar-refractivity contribution in [2.45, 2.75) is 18.6 Å². The van der Waals surface area contributed by atoms with Crippen molar-refractivity contribution in [3.05, 3.63) is 65.5 Å². The second-order valence-electron chi connectivity index (χ2n) is 5.36. The number of rotatable bonds is 5. The molecule has 0 saturated heterocycles. The van der Waals surface area contributed by atoms with E-state index in [-0.39, 0.29) is 11.7 Å². The first-order chi connectivity index (χ1) is 10.7. The normalized spacial score (nSPS) is 13.2. The van der Waals surface area contributed by atoms with Gasteiger partial charge in [-0.05, 0) is 35.7 Å². The number of anilines is 1. The van der Waals surface area contributed by atoms with E-state index < -0.39 is 0 Å². The van der Waals surface area contributed by atoms with Crippen molar-refractivity contribution >= 4 is 23.4 Å². The van der Waals surface area contributed by atoms with Gasteiger partial charge in [-0.3, -0.25) is 4.79 Å². The molecule has 2 aromatic carbocycles. The Labute approximate surface area is 134 Å². The Kier molecular flexibility index (Phi) is 4.78. The highest BCUT2D eigenvalue weighted by atomic mass is 32.2. The Morgan fingerprint density at radius 1 is 1.18 bits per heavy atom. The highest BCUT2D eigenvalue weighted by molar-refractivity contribution is 7.98. The fourth-order valence-corrected chi connectivity index (χ4v) is 3.59. The average molecular weight is 315 g/mol. The maximum Gasteiger partial charge on any atom is 0.227 e. The summed E-state index contributed by atoms with van der Waals surface area (Å²) in [5.74, 6) is 1.47. The van der Waals surface area contributed by atoms with Crippen LogP contribution < -0.4 is 4.90 Å². The van der Waals surface area contributed by atoms with Crippen LogP contribution in [0.3, 0.4) is 0 Å². The van der Waals surface area contributed by atoms with E-state index in [1.165, 1.54) is 11.6 Å². The molecule has 2 aromatic rings. The zero-order chi connectivity index (χ0) is 15.4. The standard InChI is InChI=1S/C18H18FNOS/c19-16-6-3-4-14(12-16)13-22-11-9-18(21)20-10-8-15-5-1-2-7-17(15)20/h1-7,12H,8-11,13H2. The van der Waals surface area contributed by atoms with Crippen molar-refractivity contribution in [1.29, 1.82) is 0 Å². The number of halogens is 1. The molecule has 0 radical (unpaired) electrons. The second kappa shape index (κ2) is 6.97. The van der Waals surface area contributed by atoms with Gasteiger partial charge in [-0.15, -0.1) is 0 Å². The minimum absolute atomic E-state index is 0.177. The monoisotopic (exact) mass is 315 g/mol. The van der Waals surface area contributed by atoms with Crippen LogP contribution in [0.25, 0.3) is 0 Å². The highest BCUT2D eigenvalue weighted by Gasteiger charge is 2.23. The Morgan fingerprint density at radius 2 is 2.05 bits per heavy atom. The topological polar surface area (TPSA) is 20.3 Å². The summed E-state index contributed by atoms with van der Waals surface area (Å²) < 4.78 is 13.1. The number of hydrogen-bond acceptors (Lipinski definition) is 2. The Morgan fingerprint density at radius 3 is 2.91 bits per heavy atom. The van der Waals surface area contributed by atoms with E-state index >= 15 is 0 Å². The van der Waals surface area contributed by atoms with E-state index in [2.05, 4.69) is 6.07 Å². The molecule has 0 aliphatic carbocycles. The summed E-state index contributed by atoms with van der Waals surface area (Å²) in [5.41, 5.74) is 3.27. The molecule has 3 rings (SSSR count). The molecule has 0 bridgehead atoms. The first kappa shape index (κ1) is 15.1. The highest BCUT2D eigenvalue weighted by Crippen LogP contribution is 2.28. The summed E-state index contributed by atoms with van der Waals surface area (Å²) in [6.45, 7) is 0.784. The molecule has 22 heavy (non-hydrogen) atoms. The van der Waals surface area contributed by atoms with Gasteiger partial charge in [0.2, 0.25) is 5.91 Å². The molecular formula is C18H18FNOS. The number of para-hydroxylation sites is 1. The van der Waals surface area contributed by atoms with Gasteiger partial charge in [0.05, 0.1) is 0 Å². The van der Waals surface area contributed by atoms with Gasteiger partial charge in [-0.2, -0.15) is 11.8 Å². The maximum atomic E-state index is 13.1. The maximum absolute atomic E-state index is 13.1. The SMILES string of the molecule is O=C(CCSCc1cccc(F)c1)N1CCc2ccccc21. The molecule has 0 atom stereocenters. The van der Waals surface area contributed by atoms with Gasteiger partial charge in [-0.1, -0.05) is 30.3 Å². The molecule has 0 spiro atoms. The van der Waals surface area contributed by atoms with Gasteiger partial charge in [0.25, 0.3) is 0 Å². The number of fused-ring (bicyclic) bond motifs is 1. The van der Waals surface area contributed by atoms with Crippen molar-refractivity contribution in [3.63, 3.8) is 0 Å². The van der Waals surface area contributed by atoms with Crippen LogP contribution in [0.1, 0.15) is 17.5 Å². The van der Waals surface area contributed by atoms with Gasteiger partial charge in [0.15, 0.2) is 0 Å². The smallest absolute Gasteiger partial charge is 0.227 e. The zero-order valence-electron chi connectivity index (χ0n) is 12.3. The van der Waals surface area contributed by atoms with Crippen LogP contribution in [-0.4, -0.2) is 18.2 Å². The lowest BCUT2D eigenvalue weighted by atomic mass is 10.2. The summed E-state index contributed by atoms with van der Waals surface area (Å²) in [6.07, 6.45) is 1.46. The number of benzene rings is 2. The van der Waals surface area contributed by atoms with Gasteiger partial charge in [0.1, 0.15) is 5.82 Å². The van der Waals surface area contributed by atoms with Crippen LogP contribution in [0.4, 0.5) is 10.1 Å². The lowest BCUT2D eigenvalue weighted by Crippen LogP contribution is -2.29. The van der Waals surface area contributed by atoms with Crippen LogP contribution in [-0.2, 0) is 17.0 Å². The van der Waals surface area contributed by atoms with Crippen LogP contribution in [0.15, 0.2) is 48.5 Å². The molecule has 0 aromatic heterocycles. The number of nitrogens with zero attached hydrogens (tertiary/aromatic N) is 1. The average Bonchev–Trinajstić information content (AvgIpc) is 2.95. The van der Waals surface area contributed by atoms with Gasteiger partial charge < -0.3 is 4.90 Å². The quantitative estimate of drug-likeness (QED) is 0.776. The van der Waals surface area contributed by atoms with Crippen LogP contribution >= 0.6 is 11.8 Å². The molecule has 0 N–H and O–H groups in total. The Balaban J connectivity index is 1.47. The lowest BCUT2D eigenvalue weighted by Gasteiger charge is -2.17. The molecule has 0 fully saturated rings. The first-order valence-corrected chi connectivity index (χ1v) is 8.60. The van der Waals surface area contributed by atoms with Crippen LogP contribution in [0.5, 0.6) is 0 Å². The van der Waals surface area contributed by atoms with E-state index in [0.717, 1.165) is 35.7 Å². The summed E-state index contributed by atoms with van der Waals surface area (Å²) >= 11 is 1.67. The largest absolute Gasteiger partial charge is 0.312 e. The van der Waals surface area contributed by atoms with Crippen LogP contribution in [0, 0.1) is 5.82 Å². The lowest BCUT2D eigenvalue weighted by molar-refractivity contribution is -0.118. The van der Waals surface area contributed by atoms with Crippen molar-refractivity contribution in [2.24, 2.45) is 0 Å². The van der Waals surface area contributed by atoms with Crippen molar-refractivity contribution < 1.29 is 9.18 Å². The van der Waals surface area contributed by atoms with E-state index in [1.54, 1.807) is 23.9 Å². The molecule has 1 amide bonds. The van der Waals surface area contributed by atoms with Crippen molar-refractivity contribution in [1.82, 2.24) is 0 Å². The number of hydrogen-bond donors (Lipinski definition) is 0. The molecule has 0 saturated carbocycles. The number of carbonyl (C=O) groups excluding carboxylic acids is 1. The third kappa shape index (κ3) is 3.50. The first-order valence-electron chi connectivity index (χ1n) is 7.44. The van der Waals surface area contributed by atoms with Gasteiger partial charge in [-0.25, -0.2) is 4.39 Å². The summed E-state index contributed by atoms with van der Waals surface area (Å²) in [5, 5.41) is 0. The van der Waals surface area contributed by atoms with E-state index in [0.29, 0.717) is 6.42 Å². The fourth-order valence-electron chi connectivity index (χ4n) is 2.71. The number of thioether (sulfide) groups is 1. The van der Waals surface area contributed by atoms with Crippen molar-refractivity contribution in [2.75, 3.05) is 17.2 Å². The predicted molar refractivity (Wildman–Crippen MR) is 89.7 cm³/mol. The summed E-state index contributed by atoms with van der Waals surface area (Å²) in [6, 6.07) is 14.7. The molecule has 1 heterocycles. The summed E-state index contributed by atoms with van der Waals surface area (Å²) in [7, 11) is 0. The van der Waals surface area contributed by atoms with Gasteiger partial charge >= 0.3 is 0 Å². The molecule has 114 valence electrons. The molecule has 2 nitrogen and oxygen atoms in total. The molecule has 0 unspecified atom stereocenters. The third-order valence-corrected chi connectivity index (χ3v) is 4.84. The second-order valence-corrected chi connectivity index (χ2v) is 6.46. The Hall–Kier alpha value is -1.81. The molecule has 1 aliphatic heterocycles. The fraction of sp³-hybridized carbons (Fsp3) is 0.278. The minimum Gasteiger partial charge on any atom is -0.312 e. The number of carbonyl (C=O) groups is 1. The van der Waals surface area contributed by atoms with Gasteiger partial charge in [0, 0.05) is 30.2 Å². The van der Waals surface area contributed by atoms with E-state index in [4.69, 9.17) is 0 Å². The molecular weight excluding hydrogens is 297 g/mol. The molecule has 4 heteroatoms. The molecule has 1 aliphatic rings. The van der Waals surface area contributed by atoms with E-state index in [9.17, 15) is 9.18 Å². The zero-order valence-corrected chi connectivity index (χ0v) is 13.1.